The van der Waals surface area contributed by atoms with E-state index in [0.717, 1.165) is 17.4 Å². The largest absolute Gasteiger partial charge is 0.478 e. The molecular weight excluding hydrogens is 302 g/mol. The van der Waals surface area contributed by atoms with Gasteiger partial charge in [0.1, 0.15) is 5.51 Å². The molecule has 1 heterocycles. The molecule has 2 N–H and O–H groups in total. The van der Waals surface area contributed by atoms with Crippen molar-refractivity contribution >= 4 is 32.5 Å². The maximum atomic E-state index is 12.1. The molecule has 0 unspecified atom stereocenters. The monoisotopic (exact) mass is 313 g/mol. The third kappa shape index (κ3) is 2.94. The van der Waals surface area contributed by atoms with Crippen LogP contribution in [0, 0.1) is 0 Å². The zero-order valence-corrected chi connectivity index (χ0v) is 12.0. The second-order valence-electron chi connectivity index (χ2n) is 3.83. The third-order valence-corrected chi connectivity index (χ3v) is 4.66. The number of nitrogens with zero attached hydrogens (tertiary/aromatic N) is 2. The van der Waals surface area contributed by atoms with E-state index in [-0.39, 0.29) is 15.6 Å². The summed E-state index contributed by atoms with van der Waals surface area (Å²) in [4.78, 5) is 11.0. The fourth-order valence-corrected chi connectivity index (χ4v) is 3.34. The summed E-state index contributed by atoms with van der Waals surface area (Å²) in [6.45, 7) is 1.80. The first-order valence-corrected chi connectivity index (χ1v) is 7.95. The van der Waals surface area contributed by atoms with Gasteiger partial charge in [-0.2, -0.15) is 0 Å². The molecule has 1 aromatic heterocycles. The topological polar surface area (TPSA) is 109 Å². The van der Waals surface area contributed by atoms with Crippen LogP contribution in [-0.2, 0) is 16.4 Å². The van der Waals surface area contributed by atoms with Crippen LogP contribution in [0.1, 0.15) is 22.8 Å². The van der Waals surface area contributed by atoms with Crippen molar-refractivity contribution in [3.63, 3.8) is 0 Å². The lowest BCUT2D eigenvalue weighted by molar-refractivity contribution is 0.0695. The van der Waals surface area contributed by atoms with Gasteiger partial charge in [-0.1, -0.05) is 24.3 Å². The fourth-order valence-electron chi connectivity index (χ4n) is 1.62. The highest BCUT2D eigenvalue weighted by atomic mass is 32.2. The zero-order valence-electron chi connectivity index (χ0n) is 10.4. The Morgan fingerprint density at radius 1 is 1.45 bits per heavy atom. The van der Waals surface area contributed by atoms with Gasteiger partial charge in [-0.25, -0.2) is 13.2 Å². The van der Waals surface area contributed by atoms with Crippen molar-refractivity contribution < 1.29 is 18.3 Å². The maximum absolute atomic E-state index is 12.1. The molecular formula is C11H11N3O4S2. The second kappa shape index (κ2) is 5.55. The van der Waals surface area contributed by atoms with Gasteiger partial charge in [0.15, 0.2) is 0 Å². The standard InChI is InChI=1S/C11H11N3O4S2/c1-2-7-3-4-8(5-9(7)10(15)16)20(17,18)14-11-13-12-6-19-11/h3-6H,2H2,1H3,(H,13,14)(H,15,16). The van der Waals surface area contributed by atoms with Gasteiger partial charge in [-0.05, 0) is 24.1 Å². The molecule has 7 nitrogen and oxygen atoms in total. The van der Waals surface area contributed by atoms with Crippen LogP contribution >= 0.6 is 11.3 Å². The number of aryl methyl sites for hydroxylation is 1. The van der Waals surface area contributed by atoms with E-state index in [1.807, 2.05) is 0 Å². The summed E-state index contributed by atoms with van der Waals surface area (Å²) in [7, 11) is -3.87. The molecule has 2 rings (SSSR count). The Bertz CT molecular complexity index is 726. The van der Waals surface area contributed by atoms with Gasteiger partial charge < -0.3 is 5.11 Å². The van der Waals surface area contributed by atoms with Gasteiger partial charge in [0.25, 0.3) is 10.0 Å². The molecule has 0 bridgehead atoms. The zero-order chi connectivity index (χ0) is 14.8. The van der Waals surface area contributed by atoms with Gasteiger partial charge in [-0.3, -0.25) is 4.72 Å². The summed E-state index contributed by atoms with van der Waals surface area (Å²) in [6.07, 6.45) is 0.506. The van der Waals surface area contributed by atoms with Crippen molar-refractivity contribution in [3.8, 4) is 0 Å². The number of hydrogen-bond donors (Lipinski definition) is 2. The highest BCUT2D eigenvalue weighted by Gasteiger charge is 2.19. The lowest BCUT2D eigenvalue weighted by atomic mass is 10.1. The first-order valence-electron chi connectivity index (χ1n) is 5.59. The van der Waals surface area contributed by atoms with Crippen molar-refractivity contribution in [2.24, 2.45) is 0 Å². The molecule has 0 amide bonds. The van der Waals surface area contributed by atoms with Crippen LogP contribution in [0.2, 0.25) is 0 Å². The molecule has 0 aliphatic carbocycles. The summed E-state index contributed by atoms with van der Waals surface area (Å²) in [5.74, 6) is -1.16. The Morgan fingerprint density at radius 2 is 2.20 bits per heavy atom. The number of rotatable bonds is 5. The number of sulfonamides is 1. The van der Waals surface area contributed by atoms with Gasteiger partial charge >= 0.3 is 5.97 Å². The van der Waals surface area contributed by atoms with Gasteiger partial charge in [0.05, 0.1) is 10.5 Å². The minimum atomic E-state index is -3.87. The van der Waals surface area contributed by atoms with Crippen molar-refractivity contribution in [2.75, 3.05) is 4.72 Å². The van der Waals surface area contributed by atoms with E-state index < -0.39 is 16.0 Å². The van der Waals surface area contributed by atoms with Crippen LogP contribution in [0.3, 0.4) is 0 Å². The van der Waals surface area contributed by atoms with Crippen LogP contribution in [0.5, 0.6) is 0 Å². The Hall–Kier alpha value is -2.00. The third-order valence-electron chi connectivity index (χ3n) is 2.58. The van der Waals surface area contributed by atoms with E-state index in [0.29, 0.717) is 12.0 Å². The molecule has 0 spiro atoms. The van der Waals surface area contributed by atoms with E-state index in [1.165, 1.54) is 17.6 Å². The molecule has 0 aliphatic rings. The predicted octanol–water partition coefficient (Wildman–Crippen LogP) is 1.60. The lowest BCUT2D eigenvalue weighted by Crippen LogP contribution is -2.14. The van der Waals surface area contributed by atoms with E-state index in [1.54, 1.807) is 6.92 Å². The predicted molar refractivity (Wildman–Crippen MR) is 73.5 cm³/mol. The summed E-state index contributed by atoms with van der Waals surface area (Å²) >= 11 is 1.03. The minimum absolute atomic E-state index is 0.0207. The normalized spacial score (nSPS) is 11.2. The van der Waals surface area contributed by atoms with Crippen LogP contribution in [0.4, 0.5) is 5.13 Å². The molecule has 0 saturated carbocycles. The Kier molecular flexibility index (Phi) is 4.00. The number of benzene rings is 1. The van der Waals surface area contributed by atoms with Crippen molar-refractivity contribution in [2.45, 2.75) is 18.2 Å². The summed E-state index contributed by atoms with van der Waals surface area (Å²) < 4.78 is 26.5. The molecule has 0 atom stereocenters. The van der Waals surface area contributed by atoms with Gasteiger partial charge in [0.2, 0.25) is 5.13 Å². The number of carbonyl (C=O) groups is 1. The Labute approximate surface area is 119 Å². The summed E-state index contributed by atoms with van der Waals surface area (Å²) in [5, 5.41) is 16.3. The fraction of sp³-hybridized carbons (Fsp3) is 0.182. The molecule has 0 saturated heterocycles. The van der Waals surface area contributed by atoms with E-state index in [2.05, 4.69) is 14.9 Å². The summed E-state index contributed by atoms with van der Waals surface area (Å²) in [5.41, 5.74) is 1.95. The first kappa shape index (κ1) is 14.4. The molecule has 20 heavy (non-hydrogen) atoms. The highest BCUT2D eigenvalue weighted by Crippen LogP contribution is 2.20. The number of hydrogen-bond acceptors (Lipinski definition) is 6. The van der Waals surface area contributed by atoms with Gasteiger partial charge in [0, 0.05) is 0 Å². The maximum Gasteiger partial charge on any atom is 0.336 e. The lowest BCUT2D eigenvalue weighted by Gasteiger charge is -2.08. The van der Waals surface area contributed by atoms with Crippen molar-refractivity contribution in [3.05, 3.63) is 34.8 Å². The average Bonchev–Trinajstić information content (AvgIpc) is 2.89. The molecule has 0 radical (unpaired) electrons. The van der Waals surface area contributed by atoms with Crippen LogP contribution in [0.25, 0.3) is 0 Å². The summed E-state index contributed by atoms with van der Waals surface area (Å²) in [6, 6.07) is 4.01. The number of carboxylic acid groups (broad SMARTS) is 1. The Balaban J connectivity index is 2.42. The second-order valence-corrected chi connectivity index (χ2v) is 6.34. The smallest absolute Gasteiger partial charge is 0.336 e. The Morgan fingerprint density at radius 3 is 2.75 bits per heavy atom. The molecule has 106 valence electrons. The highest BCUT2D eigenvalue weighted by molar-refractivity contribution is 7.93. The van der Waals surface area contributed by atoms with Crippen LogP contribution < -0.4 is 4.72 Å². The first-order chi connectivity index (χ1) is 9.44. The van der Waals surface area contributed by atoms with Crippen molar-refractivity contribution in [1.82, 2.24) is 10.2 Å². The van der Waals surface area contributed by atoms with Gasteiger partial charge in [-0.15, -0.1) is 10.2 Å². The number of carboxylic acids is 1. The van der Waals surface area contributed by atoms with E-state index in [4.69, 9.17) is 5.11 Å². The van der Waals surface area contributed by atoms with Crippen LogP contribution in [0.15, 0.2) is 28.6 Å². The molecule has 2 aromatic rings. The number of aromatic nitrogens is 2. The average molecular weight is 313 g/mol. The number of aromatic carboxylic acids is 1. The SMILES string of the molecule is CCc1ccc(S(=O)(=O)Nc2nncs2)cc1C(=O)O. The van der Waals surface area contributed by atoms with Crippen LogP contribution in [-0.4, -0.2) is 29.7 Å². The molecule has 9 heteroatoms. The quantitative estimate of drug-likeness (QED) is 0.867. The molecule has 0 aliphatic heterocycles. The van der Waals surface area contributed by atoms with E-state index >= 15 is 0 Å². The molecule has 0 fully saturated rings. The van der Waals surface area contributed by atoms with E-state index in [9.17, 15) is 13.2 Å². The number of nitrogens with one attached hydrogen (secondary N) is 1. The molecule has 1 aromatic carbocycles. The minimum Gasteiger partial charge on any atom is -0.478 e. The van der Waals surface area contributed by atoms with Crippen molar-refractivity contribution in [1.29, 1.82) is 0 Å². The number of anilines is 1.